The van der Waals surface area contributed by atoms with Crippen molar-refractivity contribution in [3.05, 3.63) is 59.7 Å². The molecule has 1 aliphatic rings. The monoisotopic (exact) mass is 548 g/mol. The van der Waals surface area contributed by atoms with Gasteiger partial charge in [0.25, 0.3) is 0 Å². The molecule has 2 nitrogen and oxygen atoms in total. The van der Waals surface area contributed by atoms with Crippen LogP contribution in [0.15, 0.2) is 48.5 Å². The molecule has 2 aromatic rings. The van der Waals surface area contributed by atoms with Gasteiger partial charge in [0, 0.05) is 0 Å². The summed E-state index contributed by atoms with van der Waals surface area (Å²) < 4.78 is 12.0. The van der Waals surface area contributed by atoms with E-state index in [-0.39, 0.29) is 0 Å². The molecule has 0 bridgehead atoms. The molecule has 40 heavy (non-hydrogen) atoms. The van der Waals surface area contributed by atoms with Crippen molar-refractivity contribution in [1.29, 1.82) is 0 Å². The largest absolute Gasteiger partial charge is 0.494 e. The van der Waals surface area contributed by atoms with Gasteiger partial charge in [0.1, 0.15) is 18.1 Å². The first-order valence-corrected chi connectivity index (χ1v) is 17.2. The summed E-state index contributed by atoms with van der Waals surface area (Å²) in [4.78, 5) is 0. The number of benzene rings is 2. The molecule has 1 saturated carbocycles. The number of hydrogen-bond acceptors (Lipinski definition) is 2. The zero-order valence-corrected chi connectivity index (χ0v) is 26.1. The van der Waals surface area contributed by atoms with Crippen LogP contribution in [0, 0.1) is 11.8 Å². The van der Waals surface area contributed by atoms with Gasteiger partial charge in [-0.15, -0.1) is 0 Å². The van der Waals surface area contributed by atoms with Crippen molar-refractivity contribution in [2.24, 2.45) is 11.8 Å². The Bertz CT molecular complexity index is 848. The molecule has 0 heterocycles. The third-order valence-electron chi connectivity index (χ3n) is 9.04. The van der Waals surface area contributed by atoms with Crippen LogP contribution in [0.25, 0.3) is 0 Å². The standard InChI is InChI=1S/C38H60O2/c1-3-5-7-8-9-10-11-12-13-15-31-39-37-29-25-36(26-30-37)32-40-38-27-23-35(24-28-38)22-21-34-19-17-33(18-20-34)16-14-6-4-2/h23-30,33-34H,3-22,31-32H2,1-2H3. The van der Waals surface area contributed by atoms with Crippen LogP contribution in [0.1, 0.15) is 147 Å². The molecule has 0 N–H and O–H groups in total. The zero-order valence-electron chi connectivity index (χ0n) is 26.1. The molecule has 0 atom stereocenters. The minimum Gasteiger partial charge on any atom is -0.494 e. The summed E-state index contributed by atoms with van der Waals surface area (Å²) in [7, 11) is 0. The summed E-state index contributed by atoms with van der Waals surface area (Å²) in [5, 5.41) is 0. The Balaban J connectivity index is 1.22. The third kappa shape index (κ3) is 14.1. The second kappa shape index (κ2) is 20.8. The molecule has 0 spiro atoms. The lowest BCUT2D eigenvalue weighted by atomic mass is 9.78. The average Bonchev–Trinajstić information content (AvgIpc) is 2.99. The molecule has 2 heteroatoms. The molecule has 0 saturated heterocycles. The Morgan fingerprint density at radius 2 is 0.975 bits per heavy atom. The van der Waals surface area contributed by atoms with Crippen molar-refractivity contribution in [2.45, 2.75) is 149 Å². The first-order chi connectivity index (χ1) is 19.8. The molecule has 0 unspecified atom stereocenters. The maximum atomic E-state index is 6.07. The summed E-state index contributed by atoms with van der Waals surface area (Å²) in [6.07, 6.45) is 27.6. The Kier molecular flexibility index (Phi) is 17.0. The van der Waals surface area contributed by atoms with E-state index in [0.717, 1.165) is 36.4 Å². The van der Waals surface area contributed by atoms with Gasteiger partial charge in [-0.05, 0) is 66.5 Å². The SMILES string of the molecule is CCCCCCCCCCCCOc1ccc(COc2ccc(CCC3CCC(CCCCC)CC3)cc2)cc1. The fraction of sp³-hybridized carbons (Fsp3) is 0.684. The summed E-state index contributed by atoms with van der Waals surface area (Å²) in [5.41, 5.74) is 2.63. The second-order valence-corrected chi connectivity index (χ2v) is 12.5. The van der Waals surface area contributed by atoms with Gasteiger partial charge in [-0.2, -0.15) is 0 Å². The fourth-order valence-corrected chi connectivity index (χ4v) is 6.24. The highest BCUT2D eigenvalue weighted by Crippen LogP contribution is 2.34. The van der Waals surface area contributed by atoms with Crippen molar-refractivity contribution >= 4 is 0 Å². The first-order valence-electron chi connectivity index (χ1n) is 17.2. The van der Waals surface area contributed by atoms with Crippen molar-refractivity contribution in [3.63, 3.8) is 0 Å². The highest BCUT2D eigenvalue weighted by atomic mass is 16.5. The van der Waals surface area contributed by atoms with Crippen molar-refractivity contribution in [3.8, 4) is 11.5 Å². The van der Waals surface area contributed by atoms with E-state index < -0.39 is 0 Å². The molecule has 0 radical (unpaired) electrons. The van der Waals surface area contributed by atoms with E-state index in [2.05, 4.69) is 62.4 Å². The third-order valence-corrected chi connectivity index (χ3v) is 9.04. The summed E-state index contributed by atoms with van der Waals surface area (Å²) >= 11 is 0. The lowest BCUT2D eigenvalue weighted by Gasteiger charge is -2.28. The van der Waals surface area contributed by atoms with Gasteiger partial charge in [0.15, 0.2) is 0 Å². The van der Waals surface area contributed by atoms with Crippen LogP contribution < -0.4 is 9.47 Å². The van der Waals surface area contributed by atoms with Crippen LogP contribution in [0.5, 0.6) is 11.5 Å². The van der Waals surface area contributed by atoms with Crippen LogP contribution in [0.2, 0.25) is 0 Å². The minimum atomic E-state index is 0.597. The van der Waals surface area contributed by atoms with Crippen LogP contribution in [0.3, 0.4) is 0 Å². The molecular formula is C38H60O2. The maximum absolute atomic E-state index is 6.07. The predicted molar refractivity (Wildman–Crippen MR) is 172 cm³/mol. The lowest BCUT2D eigenvalue weighted by Crippen LogP contribution is -2.15. The summed E-state index contributed by atoms with van der Waals surface area (Å²) in [6.45, 7) is 6.01. The van der Waals surface area contributed by atoms with Crippen molar-refractivity contribution in [1.82, 2.24) is 0 Å². The van der Waals surface area contributed by atoms with E-state index in [0.29, 0.717) is 6.61 Å². The average molecular weight is 549 g/mol. The quantitative estimate of drug-likeness (QED) is 0.136. The van der Waals surface area contributed by atoms with E-state index in [1.807, 2.05) is 0 Å². The van der Waals surface area contributed by atoms with E-state index in [9.17, 15) is 0 Å². The van der Waals surface area contributed by atoms with Gasteiger partial charge in [0.2, 0.25) is 0 Å². The van der Waals surface area contributed by atoms with Gasteiger partial charge in [-0.1, -0.05) is 147 Å². The second-order valence-electron chi connectivity index (χ2n) is 12.5. The topological polar surface area (TPSA) is 18.5 Å². The van der Waals surface area contributed by atoms with Crippen LogP contribution in [-0.2, 0) is 13.0 Å². The molecular weight excluding hydrogens is 488 g/mol. The van der Waals surface area contributed by atoms with Gasteiger partial charge in [0.05, 0.1) is 6.61 Å². The predicted octanol–water partition coefficient (Wildman–Crippen LogP) is 11.9. The maximum Gasteiger partial charge on any atom is 0.119 e. The summed E-state index contributed by atoms with van der Waals surface area (Å²) in [6, 6.07) is 17.2. The Hall–Kier alpha value is -1.96. The van der Waals surface area contributed by atoms with Crippen LogP contribution in [0.4, 0.5) is 0 Å². The van der Waals surface area contributed by atoms with Crippen LogP contribution >= 0.6 is 0 Å². The van der Waals surface area contributed by atoms with Crippen molar-refractivity contribution in [2.75, 3.05) is 6.61 Å². The highest BCUT2D eigenvalue weighted by molar-refractivity contribution is 5.29. The van der Waals surface area contributed by atoms with Crippen molar-refractivity contribution < 1.29 is 9.47 Å². The number of aryl methyl sites for hydroxylation is 1. The van der Waals surface area contributed by atoms with E-state index in [1.54, 1.807) is 0 Å². The minimum absolute atomic E-state index is 0.597. The molecule has 224 valence electrons. The molecule has 1 fully saturated rings. The molecule has 1 aliphatic carbocycles. The fourth-order valence-electron chi connectivity index (χ4n) is 6.24. The Morgan fingerprint density at radius 1 is 0.500 bits per heavy atom. The van der Waals surface area contributed by atoms with E-state index in [1.165, 1.54) is 133 Å². The zero-order chi connectivity index (χ0) is 28.1. The highest BCUT2D eigenvalue weighted by Gasteiger charge is 2.20. The van der Waals surface area contributed by atoms with Gasteiger partial charge < -0.3 is 9.47 Å². The number of unbranched alkanes of at least 4 members (excludes halogenated alkanes) is 11. The number of ether oxygens (including phenoxy) is 2. The van der Waals surface area contributed by atoms with Gasteiger partial charge >= 0.3 is 0 Å². The number of hydrogen-bond donors (Lipinski definition) is 0. The molecule has 3 rings (SSSR count). The van der Waals surface area contributed by atoms with Gasteiger partial charge in [-0.25, -0.2) is 0 Å². The Labute approximate surface area is 247 Å². The van der Waals surface area contributed by atoms with Crippen LogP contribution in [-0.4, -0.2) is 6.61 Å². The first kappa shape index (κ1) is 32.6. The smallest absolute Gasteiger partial charge is 0.119 e. The molecule has 0 aromatic heterocycles. The molecule has 0 aliphatic heterocycles. The number of rotatable bonds is 22. The van der Waals surface area contributed by atoms with E-state index in [4.69, 9.17) is 9.47 Å². The molecule has 2 aromatic carbocycles. The van der Waals surface area contributed by atoms with E-state index >= 15 is 0 Å². The summed E-state index contributed by atoms with van der Waals surface area (Å²) in [5.74, 6) is 3.86. The molecule has 0 amide bonds. The van der Waals surface area contributed by atoms with Gasteiger partial charge in [-0.3, -0.25) is 0 Å². The lowest BCUT2D eigenvalue weighted by molar-refractivity contribution is 0.249. The Morgan fingerprint density at radius 3 is 1.57 bits per heavy atom. The normalized spacial score (nSPS) is 17.1.